The van der Waals surface area contributed by atoms with E-state index in [4.69, 9.17) is 10.8 Å². The summed E-state index contributed by atoms with van der Waals surface area (Å²) >= 11 is 0. The van der Waals surface area contributed by atoms with Gasteiger partial charge in [-0.1, -0.05) is 0 Å². The highest BCUT2D eigenvalue weighted by Gasteiger charge is 2.28. The fraction of sp³-hybridized carbons (Fsp3) is 0.857. The Kier molecular flexibility index (Phi) is 2.70. The van der Waals surface area contributed by atoms with E-state index >= 15 is 0 Å². The standard InChI is InChI=1S/C7H14N2O2/c8-7(11)9-4-6(5-9)2-1-3-10/h6,10H,1-5H2,(H2,8,11). The number of rotatable bonds is 3. The number of nitrogens with two attached hydrogens (primary N) is 1. The number of primary amides is 1. The van der Waals surface area contributed by atoms with Gasteiger partial charge in [0.1, 0.15) is 0 Å². The third-order valence-electron chi connectivity index (χ3n) is 2.04. The van der Waals surface area contributed by atoms with Crippen molar-refractivity contribution in [1.82, 2.24) is 4.90 Å². The van der Waals surface area contributed by atoms with Gasteiger partial charge in [0.25, 0.3) is 0 Å². The average Bonchev–Trinajstić information content (AvgIpc) is 1.84. The molecule has 1 fully saturated rings. The van der Waals surface area contributed by atoms with Crippen LogP contribution >= 0.6 is 0 Å². The van der Waals surface area contributed by atoms with Crippen molar-refractivity contribution in [2.75, 3.05) is 19.7 Å². The van der Waals surface area contributed by atoms with E-state index in [1.165, 1.54) is 0 Å². The first-order chi connectivity index (χ1) is 5.24. The van der Waals surface area contributed by atoms with Crippen molar-refractivity contribution < 1.29 is 9.90 Å². The molecule has 1 aliphatic heterocycles. The lowest BCUT2D eigenvalue weighted by atomic mass is 9.95. The van der Waals surface area contributed by atoms with Crippen LogP contribution in [-0.4, -0.2) is 35.7 Å². The van der Waals surface area contributed by atoms with Crippen molar-refractivity contribution >= 4 is 6.03 Å². The maximum absolute atomic E-state index is 10.5. The molecule has 0 aromatic rings. The number of amides is 2. The van der Waals surface area contributed by atoms with E-state index < -0.39 is 0 Å². The minimum absolute atomic E-state index is 0.243. The topological polar surface area (TPSA) is 66.6 Å². The van der Waals surface area contributed by atoms with Crippen molar-refractivity contribution in [3.63, 3.8) is 0 Å². The summed E-state index contributed by atoms with van der Waals surface area (Å²) in [6.45, 7) is 1.79. The molecule has 1 rings (SSSR count). The second-order valence-electron chi connectivity index (χ2n) is 2.98. The van der Waals surface area contributed by atoms with Crippen LogP contribution in [0.2, 0.25) is 0 Å². The number of aliphatic hydroxyl groups excluding tert-OH is 1. The monoisotopic (exact) mass is 158 g/mol. The summed E-state index contributed by atoms with van der Waals surface area (Å²) in [6.07, 6.45) is 1.83. The van der Waals surface area contributed by atoms with E-state index in [1.54, 1.807) is 4.90 Å². The minimum atomic E-state index is -0.328. The van der Waals surface area contributed by atoms with Gasteiger partial charge in [-0.2, -0.15) is 0 Å². The molecule has 64 valence electrons. The predicted octanol–water partition coefficient (Wildman–Crippen LogP) is -0.231. The van der Waals surface area contributed by atoms with Gasteiger partial charge in [0.05, 0.1) is 0 Å². The van der Waals surface area contributed by atoms with Gasteiger partial charge < -0.3 is 15.7 Å². The summed E-state index contributed by atoms with van der Waals surface area (Å²) in [5, 5.41) is 8.50. The second-order valence-corrected chi connectivity index (χ2v) is 2.98. The second kappa shape index (κ2) is 3.57. The van der Waals surface area contributed by atoms with Crippen LogP contribution in [0.4, 0.5) is 4.79 Å². The van der Waals surface area contributed by atoms with Crippen molar-refractivity contribution in [1.29, 1.82) is 0 Å². The van der Waals surface area contributed by atoms with Gasteiger partial charge in [-0.05, 0) is 18.8 Å². The first kappa shape index (κ1) is 8.33. The molecule has 1 saturated heterocycles. The quantitative estimate of drug-likeness (QED) is 0.595. The first-order valence-corrected chi connectivity index (χ1v) is 3.89. The Bertz CT molecular complexity index is 143. The Labute approximate surface area is 66.0 Å². The van der Waals surface area contributed by atoms with E-state index in [1.807, 2.05) is 0 Å². The fourth-order valence-corrected chi connectivity index (χ4v) is 1.31. The molecule has 0 aromatic heterocycles. The molecular weight excluding hydrogens is 144 g/mol. The summed E-state index contributed by atoms with van der Waals surface area (Å²) in [5.41, 5.74) is 5.03. The Hall–Kier alpha value is -0.770. The van der Waals surface area contributed by atoms with Crippen molar-refractivity contribution in [2.45, 2.75) is 12.8 Å². The lowest BCUT2D eigenvalue weighted by Gasteiger charge is -2.37. The van der Waals surface area contributed by atoms with Crippen LogP contribution in [0.1, 0.15) is 12.8 Å². The molecule has 0 radical (unpaired) electrons. The van der Waals surface area contributed by atoms with E-state index in [-0.39, 0.29) is 12.6 Å². The van der Waals surface area contributed by atoms with E-state index in [0.717, 1.165) is 25.9 Å². The van der Waals surface area contributed by atoms with Crippen LogP contribution in [0.15, 0.2) is 0 Å². The first-order valence-electron chi connectivity index (χ1n) is 3.89. The third-order valence-corrected chi connectivity index (χ3v) is 2.04. The summed E-state index contributed by atoms with van der Waals surface area (Å²) in [7, 11) is 0. The number of hydrogen-bond acceptors (Lipinski definition) is 2. The third kappa shape index (κ3) is 2.08. The molecule has 1 heterocycles. The molecule has 0 atom stereocenters. The molecule has 0 aromatic carbocycles. The number of aliphatic hydroxyl groups is 1. The van der Waals surface area contributed by atoms with Gasteiger partial charge >= 0.3 is 6.03 Å². The van der Waals surface area contributed by atoms with Crippen LogP contribution in [0, 0.1) is 5.92 Å². The zero-order chi connectivity index (χ0) is 8.27. The molecule has 4 nitrogen and oxygen atoms in total. The zero-order valence-corrected chi connectivity index (χ0v) is 6.49. The molecule has 11 heavy (non-hydrogen) atoms. The highest BCUT2D eigenvalue weighted by atomic mass is 16.2. The maximum Gasteiger partial charge on any atom is 0.314 e. The predicted molar refractivity (Wildman–Crippen MR) is 41.0 cm³/mol. The summed E-state index contributed by atoms with van der Waals surface area (Å²) < 4.78 is 0. The van der Waals surface area contributed by atoms with Gasteiger partial charge in [0, 0.05) is 19.7 Å². The number of carbonyl (C=O) groups is 1. The number of nitrogens with zero attached hydrogens (tertiary/aromatic N) is 1. The summed E-state index contributed by atoms with van der Waals surface area (Å²) in [5.74, 6) is 0.564. The molecule has 3 N–H and O–H groups in total. The van der Waals surface area contributed by atoms with Crippen molar-refractivity contribution in [3.05, 3.63) is 0 Å². The van der Waals surface area contributed by atoms with Crippen LogP contribution in [0.25, 0.3) is 0 Å². The van der Waals surface area contributed by atoms with E-state index in [9.17, 15) is 4.79 Å². The molecule has 0 unspecified atom stereocenters. The molecule has 2 amide bonds. The van der Waals surface area contributed by atoms with Gasteiger partial charge in [-0.15, -0.1) is 0 Å². The van der Waals surface area contributed by atoms with E-state index in [0.29, 0.717) is 5.92 Å². The number of hydrogen-bond donors (Lipinski definition) is 2. The lowest BCUT2D eigenvalue weighted by molar-refractivity contribution is 0.116. The Morgan fingerprint density at radius 2 is 2.27 bits per heavy atom. The molecule has 4 heteroatoms. The molecule has 0 aliphatic carbocycles. The average molecular weight is 158 g/mol. The number of urea groups is 1. The molecule has 1 aliphatic rings. The van der Waals surface area contributed by atoms with Gasteiger partial charge in [-0.3, -0.25) is 0 Å². The fourth-order valence-electron chi connectivity index (χ4n) is 1.31. The van der Waals surface area contributed by atoms with Crippen molar-refractivity contribution in [3.8, 4) is 0 Å². The van der Waals surface area contributed by atoms with Gasteiger partial charge in [0.2, 0.25) is 0 Å². The van der Waals surface area contributed by atoms with Gasteiger partial charge in [-0.25, -0.2) is 4.79 Å². The summed E-state index contributed by atoms with van der Waals surface area (Å²) in [4.78, 5) is 12.1. The normalized spacial score (nSPS) is 18.1. The van der Waals surface area contributed by atoms with Crippen LogP contribution in [0.5, 0.6) is 0 Å². The van der Waals surface area contributed by atoms with Crippen molar-refractivity contribution in [2.24, 2.45) is 11.7 Å². The zero-order valence-electron chi connectivity index (χ0n) is 6.49. The molecule has 0 saturated carbocycles. The number of likely N-dealkylation sites (tertiary alicyclic amines) is 1. The number of carbonyl (C=O) groups excluding carboxylic acids is 1. The van der Waals surface area contributed by atoms with Crippen LogP contribution < -0.4 is 5.73 Å². The Balaban J connectivity index is 2.05. The van der Waals surface area contributed by atoms with Crippen LogP contribution in [-0.2, 0) is 0 Å². The SMILES string of the molecule is NC(=O)N1CC(CCCO)C1. The largest absolute Gasteiger partial charge is 0.396 e. The Morgan fingerprint density at radius 3 is 2.73 bits per heavy atom. The smallest absolute Gasteiger partial charge is 0.314 e. The Morgan fingerprint density at radius 1 is 1.64 bits per heavy atom. The highest BCUT2D eigenvalue weighted by Crippen LogP contribution is 2.19. The minimum Gasteiger partial charge on any atom is -0.396 e. The highest BCUT2D eigenvalue weighted by molar-refractivity contribution is 5.72. The molecular formula is C7H14N2O2. The maximum atomic E-state index is 10.5. The lowest BCUT2D eigenvalue weighted by Crippen LogP contribution is -2.52. The van der Waals surface area contributed by atoms with Crippen LogP contribution in [0.3, 0.4) is 0 Å². The molecule has 0 bridgehead atoms. The molecule has 0 spiro atoms. The van der Waals surface area contributed by atoms with Gasteiger partial charge in [0.15, 0.2) is 0 Å². The van der Waals surface area contributed by atoms with E-state index in [2.05, 4.69) is 0 Å². The summed E-state index contributed by atoms with van der Waals surface area (Å²) in [6, 6.07) is -0.328.